The molecular formula is C5H12N6O2. The number of hydrazine groups is 1. The standard InChI is InChI=1S/C5H12N6O2/c1-2(12)9-3(4(6)10-7)5(13)11-8/h3H,7-8H2,1H3,(H2,6,10)(H,9,12)(H,11,13). The topological polar surface area (TPSA) is 149 Å². The van der Waals surface area contributed by atoms with E-state index in [-0.39, 0.29) is 5.84 Å². The van der Waals surface area contributed by atoms with Gasteiger partial charge >= 0.3 is 0 Å². The number of amides is 2. The molecule has 13 heavy (non-hydrogen) atoms. The molecule has 0 aromatic carbocycles. The number of amidine groups is 1. The van der Waals surface area contributed by atoms with E-state index in [1.54, 1.807) is 0 Å². The van der Waals surface area contributed by atoms with Gasteiger partial charge in [0.2, 0.25) is 5.91 Å². The fourth-order valence-electron chi connectivity index (χ4n) is 0.635. The molecule has 74 valence electrons. The third kappa shape index (κ3) is 3.38. The quantitative estimate of drug-likeness (QED) is 0.103. The van der Waals surface area contributed by atoms with Crippen LogP contribution in [0.25, 0.3) is 0 Å². The SMILES string of the molecule is CC(=O)NC(C(=O)NN)/C(N)=N/N. The predicted octanol–water partition coefficient (Wildman–Crippen LogP) is -3.29. The molecule has 2 amide bonds. The minimum absolute atomic E-state index is 0.224. The Morgan fingerprint density at radius 2 is 2.00 bits per heavy atom. The average Bonchev–Trinajstić information content (AvgIpc) is 2.11. The zero-order valence-electron chi connectivity index (χ0n) is 7.07. The van der Waals surface area contributed by atoms with Crippen molar-refractivity contribution in [3.05, 3.63) is 0 Å². The van der Waals surface area contributed by atoms with Crippen molar-refractivity contribution < 1.29 is 9.59 Å². The molecule has 0 saturated heterocycles. The van der Waals surface area contributed by atoms with E-state index >= 15 is 0 Å². The molecule has 8 nitrogen and oxygen atoms in total. The second kappa shape index (κ2) is 4.93. The van der Waals surface area contributed by atoms with E-state index in [2.05, 4.69) is 10.4 Å². The lowest BCUT2D eigenvalue weighted by atomic mass is 10.2. The molecule has 8 heteroatoms. The van der Waals surface area contributed by atoms with Gasteiger partial charge in [-0.1, -0.05) is 0 Å². The molecule has 0 rings (SSSR count). The Bertz CT molecular complexity index is 237. The number of rotatable bonds is 3. The van der Waals surface area contributed by atoms with Crippen LogP contribution in [0.4, 0.5) is 0 Å². The Labute approximate surface area is 74.5 Å². The van der Waals surface area contributed by atoms with E-state index in [9.17, 15) is 9.59 Å². The molecule has 0 heterocycles. The summed E-state index contributed by atoms with van der Waals surface area (Å²) >= 11 is 0. The van der Waals surface area contributed by atoms with Gasteiger partial charge in [-0.05, 0) is 0 Å². The summed E-state index contributed by atoms with van der Waals surface area (Å²) in [5, 5.41) is 5.29. The molecule has 0 aliphatic rings. The Hall–Kier alpha value is -1.83. The van der Waals surface area contributed by atoms with Crippen LogP contribution in [-0.4, -0.2) is 23.7 Å². The van der Waals surface area contributed by atoms with Gasteiger partial charge in [-0.2, -0.15) is 5.10 Å². The van der Waals surface area contributed by atoms with Crippen molar-refractivity contribution in [3.8, 4) is 0 Å². The van der Waals surface area contributed by atoms with Crippen LogP contribution in [0.5, 0.6) is 0 Å². The van der Waals surface area contributed by atoms with Gasteiger partial charge in [-0.25, -0.2) is 5.84 Å². The third-order valence-corrected chi connectivity index (χ3v) is 1.20. The van der Waals surface area contributed by atoms with E-state index < -0.39 is 17.9 Å². The van der Waals surface area contributed by atoms with Crippen molar-refractivity contribution >= 4 is 17.6 Å². The maximum atomic E-state index is 11.0. The second-order valence-electron chi connectivity index (χ2n) is 2.20. The highest BCUT2D eigenvalue weighted by Crippen LogP contribution is 1.83. The van der Waals surface area contributed by atoms with Crippen LogP contribution in [0.15, 0.2) is 5.10 Å². The zero-order chi connectivity index (χ0) is 10.4. The Kier molecular flexibility index (Phi) is 4.24. The molecule has 0 bridgehead atoms. The summed E-state index contributed by atoms with van der Waals surface area (Å²) in [5.74, 6) is 8.31. The normalized spacial score (nSPS) is 13.2. The van der Waals surface area contributed by atoms with Gasteiger partial charge in [0.15, 0.2) is 11.9 Å². The predicted molar refractivity (Wildman–Crippen MR) is 45.7 cm³/mol. The van der Waals surface area contributed by atoms with Gasteiger partial charge in [0, 0.05) is 6.92 Å². The van der Waals surface area contributed by atoms with Gasteiger partial charge in [0.05, 0.1) is 0 Å². The fourth-order valence-corrected chi connectivity index (χ4v) is 0.635. The molecule has 0 spiro atoms. The summed E-state index contributed by atoms with van der Waals surface area (Å²) in [6.07, 6.45) is 0. The van der Waals surface area contributed by atoms with Crippen LogP contribution in [0, 0.1) is 0 Å². The highest BCUT2D eigenvalue weighted by Gasteiger charge is 2.22. The molecule has 1 unspecified atom stereocenters. The molecule has 0 aliphatic carbocycles. The summed E-state index contributed by atoms with van der Waals surface area (Å²) in [5.41, 5.74) is 7.05. The Morgan fingerprint density at radius 3 is 2.31 bits per heavy atom. The molecular weight excluding hydrogens is 176 g/mol. The van der Waals surface area contributed by atoms with Crippen molar-refractivity contribution in [2.45, 2.75) is 13.0 Å². The van der Waals surface area contributed by atoms with Crippen LogP contribution < -0.4 is 28.2 Å². The lowest BCUT2D eigenvalue weighted by Gasteiger charge is -2.14. The van der Waals surface area contributed by atoms with Gasteiger partial charge in [0.1, 0.15) is 0 Å². The smallest absolute Gasteiger partial charge is 0.264 e. The molecule has 0 radical (unpaired) electrons. The van der Waals surface area contributed by atoms with Crippen LogP contribution in [0.1, 0.15) is 6.92 Å². The van der Waals surface area contributed by atoms with Crippen molar-refractivity contribution in [1.29, 1.82) is 0 Å². The second-order valence-corrected chi connectivity index (χ2v) is 2.20. The van der Waals surface area contributed by atoms with Crippen molar-refractivity contribution in [2.75, 3.05) is 0 Å². The van der Waals surface area contributed by atoms with Crippen LogP contribution in [0.3, 0.4) is 0 Å². The van der Waals surface area contributed by atoms with E-state index in [1.165, 1.54) is 6.92 Å². The first-order chi connectivity index (χ1) is 6.02. The lowest BCUT2D eigenvalue weighted by molar-refractivity contribution is -0.126. The highest BCUT2D eigenvalue weighted by atomic mass is 16.2. The van der Waals surface area contributed by atoms with Crippen LogP contribution >= 0.6 is 0 Å². The number of nitrogens with zero attached hydrogens (tertiary/aromatic N) is 1. The first kappa shape index (κ1) is 11.2. The Balaban J connectivity index is 4.55. The number of nitrogens with one attached hydrogen (secondary N) is 2. The number of carbonyl (C=O) groups is 2. The Morgan fingerprint density at radius 1 is 1.46 bits per heavy atom. The number of nitrogens with two attached hydrogens (primary N) is 3. The molecule has 0 aliphatic heterocycles. The summed E-state index contributed by atoms with van der Waals surface area (Å²) in [7, 11) is 0. The molecule has 1 atom stereocenters. The third-order valence-electron chi connectivity index (χ3n) is 1.20. The van der Waals surface area contributed by atoms with E-state index in [1.807, 2.05) is 5.43 Å². The maximum Gasteiger partial charge on any atom is 0.264 e. The lowest BCUT2D eigenvalue weighted by Crippen LogP contribution is -2.55. The van der Waals surface area contributed by atoms with Gasteiger partial charge in [-0.3, -0.25) is 15.0 Å². The van der Waals surface area contributed by atoms with E-state index in [0.29, 0.717) is 0 Å². The van der Waals surface area contributed by atoms with Crippen molar-refractivity contribution in [2.24, 2.45) is 22.5 Å². The maximum absolute atomic E-state index is 11.0. The van der Waals surface area contributed by atoms with E-state index in [4.69, 9.17) is 17.4 Å². The van der Waals surface area contributed by atoms with Crippen LogP contribution in [0.2, 0.25) is 0 Å². The van der Waals surface area contributed by atoms with Gasteiger partial charge in [0.25, 0.3) is 5.91 Å². The largest absolute Gasteiger partial charge is 0.384 e. The average molecular weight is 188 g/mol. The molecule has 0 aromatic heterocycles. The molecule has 0 saturated carbocycles. The fraction of sp³-hybridized carbons (Fsp3) is 0.400. The van der Waals surface area contributed by atoms with Crippen molar-refractivity contribution in [1.82, 2.24) is 10.7 Å². The van der Waals surface area contributed by atoms with E-state index in [0.717, 1.165) is 0 Å². The minimum atomic E-state index is -1.13. The zero-order valence-corrected chi connectivity index (χ0v) is 7.07. The first-order valence-corrected chi connectivity index (χ1v) is 3.33. The number of hydrogen-bond donors (Lipinski definition) is 5. The minimum Gasteiger partial charge on any atom is -0.384 e. The van der Waals surface area contributed by atoms with Crippen LogP contribution in [-0.2, 0) is 9.59 Å². The molecule has 0 aromatic rings. The number of hydrogen-bond acceptors (Lipinski definition) is 5. The summed E-state index contributed by atoms with van der Waals surface area (Å²) in [6.45, 7) is 1.22. The van der Waals surface area contributed by atoms with Gasteiger partial charge < -0.3 is 16.9 Å². The number of carbonyl (C=O) groups excluding carboxylic acids is 2. The highest BCUT2D eigenvalue weighted by molar-refractivity contribution is 6.08. The molecule has 8 N–H and O–H groups in total. The van der Waals surface area contributed by atoms with Gasteiger partial charge in [-0.15, -0.1) is 0 Å². The molecule has 0 fully saturated rings. The number of hydrazone groups is 1. The summed E-state index contributed by atoms with van der Waals surface area (Å²) in [4.78, 5) is 21.6. The summed E-state index contributed by atoms with van der Waals surface area (Å²) < 4.78 is 0. The van der Waals surface area contributed by atoms with Crippen molar-refractivity contribution in [3.63, 3.8) is 0 Å². The first-order valence-electron chi connectivity index (χ1n) is 3.33. The monoisotopic (exact) mass is 188 g/mol. The summed E-state index contributed by atoms with van der Waals surface area (Å²) in [6, 6.07) is -1.13.